The first-order valence-electron chi connectivity index (χ1n) is 5.68. The second kappa shape index (κ2) is 3.97. The number of aliphatic hydroxyl groups is 1. The van der Waals surface area contributed by atoms with E-state index in [0.29, 0.717) is 18.6 Å². The zero-order valence-corrected chi connectivity index (χ0v) is 8.58. The Balaban J connectivity index is 2.04. The van der Waals surface area contributed by atoms with Crippen molar-refractivity contribution in [2.45, 2.75) is 38.6 Å². The van der Waals surface area contributed by atoms with Gasteiger partial charge >= 0.3 is 0 Å². The summed E-state index contributed by atoms with van der Waals surface area (Å²) in [5, 5.41) is 9.37. The van der Waals surface area contributed by atoms with E-state index in [9.17, 15) is 5.11 Å². The minimum absolute atomic E-state index is 0.391. The van der Waals surface area contributed by atoms with Crippen molar-refractivity contribution in [1.29, 1.82) is 0 Å². The SMILES string of the molecule is CC1CCN2CCCCC2C1CO. The van der Waals surface area contributed by atoms with Crippen molar-refractivity contribution < 1.29 is 5.11 Å². The first-order chi connectivity index (χ1) is 6.33. The molecule has 0 amide bonds. The third-order valence-corrected chi connectivity index (χ3v) is 3.97. The normalized spacial score (nSPS) is 41.5. The van der Waals surface area contributed by atoms with Crippen molar-refractivity contribution >= 4 is 0 Å². The van der Waals surface area contributed by atoms with Crippen LogP contribution in [0.2, 0.25) is 0 Å². The lowest BCUT2D eigenvalue weighted by molar-refractivity contribution is 0.0000849. The van der Waals surface area contributed by atoms with Gasteiger partial charge in [-0.15, -0.1) is 0 Å². The highest BCUT2D eigenvalue weighted by Gasteiger charge is 2.36. The van der Waals surface area contributed by atoms with E-state index in [1.807, 2.05) is 0 Å². The molecular formula is C11H21NO. The maximum atomic E-state index is 9.37. The molecule has 0 saturated carbocycles. The van der Waals surface area contributed by atoms with E-state index in [1.54, 1.807) is 0 Å². The Kier molecular flexibility index (Phi) is 2.89. The van der Waals surface area contributed by atoms with Gasteiger partial charge in [-0.1, -0.05) is 13.3 Å². The van der Waals surface area contributed by atoms with Gasteiger partial charge in [0.15, 0.2) is 0 Å². The molecule has 2 heterocycles. The van der Waals surface area contributed by atoms with Crippen LogP contribution in [0, 0.1) is 11.8 Å². The van der Waals surface area contributed by atoms with E-state index in [0.717, 1.165) is 5.92 Å². The predicted octanol–water partition coefficient (Wildman–Crippen LogP) is 1.49. The molecule has 1 N–H and O–H groups in total. The zero-order chi connectivity index (χ0) is 9.26. The van der Waals surface area contributed by atoms with Crippen molar-refractivity contribution in [3.63, 3.8) is 0 Å². The van der Waals surface area contributed by atoms with Gasteiger partial charge in [0.1, 0.15) is 0 Å². The van der Waals surface area contributed by atoms with Crippen molar-refractivity contribution in [1.82, 2.24) is 4.90 Å². The lowest BCUT2D eigenvalue weighted by Gasteiger charge is -2.46. The summed E-state index contributed by atoms with van der Waals surface area (Å²) >= 11 is 0. The molecule has 3 unspecified atom stereocenters. The highest BCUT2D eigenvalue weighted by atomic mass is 16.3. The van der Waals surface area contributed by atoms with Crippen LogP contribution >= 0.6 is 0 Å². The van der Waals surface area contributed by atoms with Gasteiger partial charge in [0.05, 0.1) is 0 Å². The standard InChI is InChI=1S/C11H21NO/c1-9-5-7-12-6-3-2-4-11(12)10(9)8-13/h9-11,13H,2-8H2,1H3. The number of rotatable bonds is 1. The third kappa shape index (κ3) is 1.75. The topological polar surface area (TPSA) is 23.5 Å². The fourth-order valence-electron chi connectivity index (χ4n) is 3.04. The molecule has 0 radical (unpaired) electrons. The van der Waals surface area contributed by atoms with Crippen LogP contribution in [0.5, 0.6) is 0 Å². The molecule has 2 aliphatic rings. The zero-order valence-electron chi connectivity index (χ0n) is 8.58. The average Bonchev–Trinajstić information content (AvgIpc) is 2.18. The minimum atomic E-state index is 0.391. The van der Waals surface area contributed by atoms with Crippen LogP contribution in [-0.4, -0.2) is 35.7 Å². The molecule has 2 saturated heterocycles. The Morgan fingerprint density at radius 1 is 1.23 bits per heavy atom. The molecular weight excluding hydrogens is 162 g/mol. The number of aliphatic hydroxyl groups excluding tert-OH is 1. The molecule has 3 atom stereocenters. The van der Waals surface area contributed by atoms with Gasteiger partial charge in [0.2, 0.25) is 0 Å². The maximum absolute atomic E-state index is 9.37. The lowest BCUT2D eigenvalue weighted by atomic mass is 9.77. The van der Waals surface area contributed by atoms with Gasteiger partial charge < -0.3 is 10.0 Å². The van der Waals surface area contributed by atoms with Crippen molar-refractivity contribution in [2.75, 3.05) is 19.7 Å². The van der Waals surface area contributed by atoms with Crippen LogP contribution in [0.3, 0.4) is 0 Å². The Bertz CT molecular complexity index is 171. The number of piperidine rings is 2. The largest absolute Gasteiger partial charge is 0.396 e. The Morgan fingerprint density at radius 2 is 2.08 bits per heavy atom. The summed E-state index contributed by atoms with van der Waals surface area (Å²) in [7, 11) is 0. The molecule has 0 bridgehead atoms. The average molecular weight is 183 g/mol. The number of hydrogen-bond donors (Lipinski definition) is 1. The summed E-state index contributed by atoms with van der Waals surface area (Å²) in [4.78, 5) is 2.60. The quantitative estimate of drug-likeness (QED) is 0.666. The third-order valence-electron chi connectivity index (χ3n) is 3.97. The van der Waals surface area contributed by atoms with Crippen LogP contribution in [0.25, 0.3) is 0 Å². The molecule has 2 aliphatic heterocycles. The first kappa shape index (κ1) is 9.47. The Hall–Kier alpha value is -0.0800. The molecule has 2 nitrogen and oxygen atoms in total. The van der Waals surface area contributed by atoms with Gasteiger partial charge in [-0.3, -0.25) is 0 Å². The summed E-state index contributed by atoms with van der Waals surface area (Å²) in [6, 6.07) is 0.697. The summed E-state index contributed by atoms with van der Waals surface area (Å²) < 4.78 is 0. The van der Waals surface area contributed by atoms with Crippen molar-refractivity contribution in [2.24, 2.45) is 11.8 Å². The molecule has 2 heteroatoms. The smallest absolute Gasteiger partial charge is 0.0476 e. The Morgan fingerprint density at radius 3 is 2.85 bits per heavy atom. The molecule has 13 heavy (non-hydrogen) atoms. The molecule has 0 aromatic heterocycles. The number of hydrogen-bond acceptors (Lipinski definition) is 2. The molecule has 2 fully saturated rings. The fourth-order valence-corrected chi connectivity index (χ4v) is 3.04. The van der Waals surface area contributed by atoms with Gasteiger partial charge in [-0.05, 0) is 38.3 Å². The molecule has 2 rings (SSSR count). The lowest BCUT2D eigenvalue weighted by Crippen LogP contribution is -2.51. The predicted molar refractivity (Wildman–Crippen MR) is 53.6 cm³/mol. The summed E-state index contributed by atoms with van der Waals surface area (Å²) in [5.74, 6) is 1.28. The van der Waals surface area contributed by atoms with Crippen LogP contribution in [-0.2, 0) is 0 Å². The van der Waals surface area contributed by atoms with E-state index in [1.165, 1.54) is 38.8 Å². The minimum Gasteiger partial charge on any atom is -0.396 e. The maximum Gasteiger partial charge on any atom is 0.0476 e. The van der Waals surface area contributed by atoms with E-state index in [2.05, 4.69) is 11.8 Å². The second-order valence-electron chi connectivity index (χ2n) is 4.71. The van der Waals surface area contributed by atoms with Crippen molar-refractivity contribution in [3.8, 4) is 0 Å². The highest BCUT2D eigenvalue weighted by Crippen LogP contribution is 2.33. The van der Waals surface area contributed by atoms with E-state index < -0.39 is 0 Å². The second-order valence-corrected chi connectivity index (χ2v) is 4.71. The van der Waals surface area contributed by atoms with Gasteiger partial charge in [-0.25, -0.2) is 0 Å². The van der Waals surface area contributed by atoms with E-state index >= 15 is 0 Å². The van der Waals surface area contributed by atoms with Gasteiger partial charge in [-0.2, -0.15) is 0 Å². The molecule has 0 aromatic rings. The fraction of sp³-hybridized carbons (Fsp3) is 1.00. The molecule has 0 aliphatic carbocycles. The van der Waals surface area contributed by atoms with E-state index in [4.69, 9.17) is 0 Å². The van der Waals surface area contributed by atoms with E-state index in [-0.39, 0.29) is 0 Å². The number of nitrogens with zero attached hydrogens (tertiary/aromatic N) is 1. The molecule has 0 spiro atoms. The number of fused-ring (bicyclic) bond motifs is 1. The van der Waals surface area contributed by atoms with Crippen molar-refractivity contribution in [3.05, 3.63) is 0 Å². The summed E-state index contributed by atoms with van der Waals surface area (Å²) in [6.45, 7) is 5.23. The molecule has 76 valence electrons. The molecule has 0 aromatic carbocycles. The highest BCUT2D eigenvalue weighted by molar-refractivity contribution is 4.89. The van der Waals surface area contributed by atoms with Crippen LogP contribution in [0.1, 0.15) is 32.6 Å². The monoisotopic (exact) mass is 183 g/mol. The van der Waals surface area contributed by atoms with Crippen LogP contribution < -0.4 is 0 Å². The summed E-state index contributed by atoms with van der Waals surface area (Å²) in [5.41, 5.74) is 0. The van der Waals surface area contributed by atoms with Gasteiger partial charge in [0, 0.05) is 18.6 Å². The summed E-state index contributed by atoms with van der Waals surface area (Å²) in [6.07, 6.45) is 5.32. The van der Waals surface area contributed by atoms with Crippen LogP contribution in [0.4, 0.5) is 0 Å². The van der Waals surface area contributed by atoms with Crippen LogP contribution in [0.15, 0.2) is 0 Å². The Labute approximate surface area is 80.9 Å². The van der Waals surface area contributed by atoms with Gasteiger partial charge in [0.25, 0.3) is 0 Å². The first-order valence-corrected chi connectivity index (χ1v) is 5.68.